The van der Waals surface area contributed by atoms with Crippen LogP contribution < -0.4 is 10.6 Å². The molecule has 0 aliphatic carbocycles. The van der Waals surface area contributed by atoms with Gasteiger partial charge in [0.05, 0.1) is 18.3 Å². The highest BCUT2D eigenvalue weighted by Gasteiger charge is 2.30. The first kappa shape index (κ1) is 11.9. The lowest BCUT2D eigenvalue weighted by Gasteiger charge is -2.35. The van der Waals surface area contributed by atoms with Crippen LogP contribution in [0.5, 0.6) is 0 Å². The lowest BCUT2D eigenvalue weighted by molar-refractivity contribution is 0.130. The highest BCUT2D eigenvalue weighted by molar-refractivity contribution is 5.90. The number of rotatable bonds is 2. The minimum atomic E-state index is -0.293. The number of anilines is 1. The van der Waals surface area contributed by atoms with E-state index in [1.807, 2.05) is 26.0 Å². The number of benzene rings is 1. The molecule has 1 amide bonds. The van der Waals surface area contributed by atoms with E-state index < -0.39 is 0 Å². The fourth-order valence-electron chi connectivity index (χ4n) is 2.22. The van der Waals surface area contributed by atoms with Crippen molar-refractivity contribution >= 4 is 11.8 Å². The second-order valence-electron chi connectivity index (χ2n) is 4.45. The molecule has 1 aliphatic rings. The third-order valence-corrected chi connectivity index (χ3v) is 3.12. The molecule has 1 unspecified atom stereocenters. The summed E-state index contributed by atoms with van der Waals surface area (Å²) in [5.74, 6) is 0. The molecule has 92 valence electrons. The molecule has 1 aromatic rings. The normalized spacial score (nSPS) is 20.3. The Morgan fingerprint density at radius 2 is 2.24 bits per heavy atom. The molecule has 2 N–H and O–H groups in total. The average Bonchev–Trinajstić information content (AvgIpc) is 2.30. The maximum Gasteiger partial charge on any atom is 0.414 e. The Morgan fingerprint density at radius 1 is 1.47 bits per heavy atom. The summed E-state index contributed by atoms with van der Waals surface area (Å²) in [7, 11) is 0. The van der Waals surface area contributed by atoms with E-state index in [4.69, 9.17) is 10.5 Å². The van der Waals surface area contributed by atoms with Gasteiger partial charge < -0.3 is 10.5 Å². The number of ether oxygens (including phenoxy) is 1. The molecule has 1 fully saturated rings. The smallest absolute Gasteiger partial charge is 0.414 e. The van der Waals surface area contributed by atoms with Gasteiger partial charge in [0.2, 0.25) is 0 Å². The van der Waals surface area contributed by atoms with Gasteiger partial charge in [0.1, 0.15) is 0 Å². The van der Waals surface area contributed by atoms with Crippen molar-refractivity contribution in [3.05, 3.63) is 29.3 Å². The largest absolute Gasteiger partial charge is 0.449 e. The number of carbonyl (C=O) groups excluding carboxylic acids is 1. The van der Waals surface area contributed by atoms with Gasteiger partial charge in [-0.1, -0.05) is 17.7 Å². The first-order valence-corrected chi connectivity index (χ1v) is 5.87. The summed E-state index contributed by atoms with van der Waals surface area (Å²) in [6.45, 7) is 4.95. The van der Waals surface area contributed by atoms with Gasteiger partial charge in [-0.05, 0) is 25.5 Å². The standard InChI is InChI=1S/C13H18N2O2/c1-9-3-4-12(10(2)7-9)15-11(8-14)5-6-17-13(15)16/h3-4,7,11H,5-6,8,14H2,1-2H3. The second-order valence-corrected chi connectivity index (χ2v) is 4.45. The number of nitrogens with two attached hydrogens (primary N) is 1. The van der Waals surface area contributed by atoms with Crippen molar-refractivity contribution < 1.29 is 9.53 Å². The van der Waals surface area contributed by atoms with Gasteiger partial charge in [0.25, 0.3) is 0 Å². The lowest BCUT2D eigenvalue weighted by atomic mass is 10.1. The molecule has 17 heavy (non-hydrogen) atoms. The number of hydrogen-bond acceptors (Lipinski definition) is 3. The summed E-state index contributed by atoms with van der Waals surface area (Å²) in [5, 5.41) is 0. The van der Waals surface area contributed by atoms with E-state index in [2.05, 4.69) is 6.07 Å². The highest BCUT2D eigenvalue weighted by atomic mass is 16.6. The second kappa shape index (κ2) is 4.75. The molecule has 1 saturated heterocycles. The summed E-state index contributed by atoms with van der Waals surface area (Å²) in [6.07, 6.45) is 0.494. The van der Waals surface area contributed by atoms with Crippen LogP contribution in [-0.4, -0.2) is 25.3 Å². The van der Waals surface area contributed by atoms with Crippen LogP contribution in [0.1, 0.15) is 17.5 Å². The third kappa shape index (κ3) is 2.26. The van der Waals surface area contributed by atoms with Crippen molar-refractivity contribution in [1.29, 1.82) is 0 Å². The number of hydrogen-bond donors (Lipinski definition) is 1. The number of amides is 1. The summed E-state index contributed by atoms with van der Waals surface area (Å²) < 4.78 is 5.09. The Hall–Kier alpha value is -1.55. The van der Waals surface area contributed by atoms with Crippen LogP contribution in [0, 0.1) is 13.8 Å². The van der Waals surface area contributed by atoms with Gasteiger partial charge in [-0.25, -0.2) is 4.79 Å². The van der Waals surface area contributed by atoms with Gasteiger partial charge in [-0.2, -0.15) is 0 Å². The lowest BCUT2D eigenvalue weighted by Crippen LogP contribution is -2.49. The predicted octanol–water partition coefficient (Wildman–Crippen LogP) is 1.98. The summed E-state index contributed by atoms with van der Waals surface area (Å²) in [5.41, 5.74) is 8.88. The molecule has 1 aliphatic heterocycles. The molecule has 0 aromatic heterocycles. The zero-order chi connectivity index (χ0) is 12.4. The zero-order valence-corrected chi connectivity index (χ0v) is 10.3. The molecule has 0 bridgehead atoms. The number of cyclic esters (lactones) is 1. The molecule has 0 saturated carbocycles. The first-order chi connectivity index (χ1) is 8.13. The number of nitrogens with zero attached hydrogens (tertiary/aromatic N) is 1. The zero-order valence-electron chi connectivity index (χ0n) is 10.3. The van der Waals surface area contributed by atoms with Crippen molar-refractivity contribution in [2.24, 2.45) is 5.73 Å². The van der Waals surface area contributed by atoms with Crippen LogP contribution in [0.2, 0.25) is 0 Å². The van der Waals surface area contributed by atoms with Crippen LogP contribution in [0.25, 0.3) is 0 Å². The fraction of sp³-hybridized carbons (Fsp3) is 0.462. The molecule has 1 atom stereocenters. The molecule has 0 spiro atoms. The first-order valence-electron chi connectivity index (χ1n) is 5.87. The van der Waals surface area contributed by atoms with Crippen molar-refractivity contribution in [3.8, 4) is 0 Å². The number of aryl methyl sites for hydroxylation is 2. The molecular weight excluding hydrogens is 216 g/mol. The molecule has 1 aromatic carbocycles. The molecule has 0 radical (unpaired) electrons. The SMILES string of the molecule is Cc1ccc(N2C(=O)OCCC2CN)c(C)c1. The Balaban J connectivity index is 2.38. The van der Waals surface area contributed by atoms with Crippen LogP contribution in [-0.2, 0) is 4.74 Å². The summed E-state index contributed by atoms with van der Waals surface area (Å²) in [6, 6.07) is 6.06. The summed E-state index contributed by atoms with van der Waals surface area (Å²) >= 11 is 0. The Labute approximate surface area is 101 Å². The van der Waals surface area contributed by atoms with E-state index in [0.717, 1.165) is 17.7 Å². The minimum Gasteiger partial charge on any atom is -0.449 e. The monoisotopic (exact) mass is 234 g/mol. The molecular formula is C13H18N2O2. The van der Waals surface area contributed by atoms with Crippen molar-refractivity contribution in [3.63, 3.8) is 0 Å². The van der Waals surface area contributed by atoms with Crippen LogP contribution >= 0.6 is 0 Å². The Bertz CT molecular complexity index is 431. The predicted molar refractivity (Wildman–Crippen MR) is 67.2 cm³/mol. The van der Waals surface area contributed by atoms with Gasteiger partial charge >= 0.3 is 6.09 Å². The Kier molecular flexibility index (Phi) is 3.33. The van der Waals surface area contributed by atoms with E-state index in [-0.39, 0.29) is 12.1 Å². The van der Waals surface area contributed by atoms with Crippen molar-refractivity contribution in [2.75, 3.05) is 18.1 Å². The van der Waals surface area contributed by atoms with Gasteiger partial charge in [-0.3, -0.25) is 4.90 Å². The summed E-state index contributed by atoms with van der Waals surface area (Å²) in [4.78, 5) is 13.5. The Morgan fingerprint density at radius 3 is 2.88 bits per heavy atom. The maximum absolute atomic E-state index is 11.8. The fourth-order valence-corrected chi connectivity index (χ4v) is 2.22. The number of carbonyl (C=O) groups is 1. The van der Waals surface area contributed by atoms with Gasteiger partial charge in [0, 0.05) is 13.0 Å². The molecule has 4 heteroatoms. The minimum absolute atomic E-state index is 0.0395. The average molecular weight is 234 g/mol. The highest BCUT2D eigenvalue weighted by Crippen LogP contribution is 2.26. The quantitative estimate of drug-likeness (QED) is 0.851. The van der Waals surface area contributed by atoms with Crippen LogP contribution in [0.4, 0.5) is 10.5 Å². The van der Waals surface area contributed by atoms with E-state index >= 15 is 0 Å². The maximum atomic E-state index is 11.8. The van der Waals surface area contributed by atoms with E-state index in [1.54, 1.807) is 4.90 Å². The molecule has 4 nitrogen and oxygen atoms in total. The van der Waals surface area contributed by atoms with E-state index in [1.165, 1.54) is 5.56 Å². The topological polar surface area (TPSA) is 55.6 Å². The van der Waals surface area contributed by atoms with E-state index in [9.17, 15) is 4.79 Å². The van der Waals surface area contributed by atoms with Crippen molar-refractivity contribution in [1.82, 2.24) is 0 Å². The molecule has 2 rings (SSSR count). The van der Waals surface area contributed by atoms with Crippen LogP contribution in [0.3, 0.4) is 0 Å². The van der Waals surface area contributed by atoms with Gasteiger partial charge in [-0.15, -0.1) is 0 Å². The van der Waals surface area contributed by atoms with Crippen molar-refractivity contribution in [2.45, 2.75) is 26.3 Å². The van der Waals surface area contributed by atoms with Gasteiger partial charge in [0.15, 0.2) is 0 Å². The molecule has 1 heterocycles. The van der Waals surface area contributed by atoms with E-state index in [0.29, 0.717) is 13.2 Å². The third-order valence-electron chi connectivity index (χ3n) is 3.12. The van der Waals surface area contributed by atoms with Crippen LogP contribution in [0.15, 0.2) is 18.2 Å².